The van der Waals surface area contributed by atoms with Gasteiger partial charge in [-0.2, -0.15) is 0 Å². The van der Waals surface area contributed by atoms with Crippen LogP contribution in [0.3, 0.4) is 0 Å². The normalized spacial score (nSPS) is 12.2. The van der Waals surface area contributed by atoms with Gasteiger partial charge in [0, 0.05) is 0 Å². The molecule has 0 aliphatic carbocycles. The molecule has 0 saturated carbocycles. The quantitative estimate of drug-likeness (QED) is 0.865. The fourth-order valence-electron chi connectivity index (χ4n) is 1.62. The number of ketones is 1. The first-order chi connectivity index (χ1) is 7.43. The summed E-state index contributed by atoms with van der Waals surface area (Å²) in [4.78, 5) is 21.6. The summed E-state index contributed by atoms with van der Waals surface area (Å²) in [6.45, 7) is 3.36. The molecule has 0 fully saturated rings. The first-order valence-corrected chi connectivity index (χ1v) is 5.79. The second-order valence-electron chi connectivity index (χ2n) is 3.69. The maximum atomic E-state index is 11.3. The summed E-state index contributed by atoms with van der Waals surface area (Å²) in [5.41, 5.74) is 2.39. The summed E-state index contributed by atoms with van der Waals surface area (Å²) in [7, 11) is 0. The average Bonchev–Trinajstić information content (AvgIpc) is 2.16. The van der Waals surface area contributed by atoms with Crippen molar-refractivity contribution >= 4 is 27.7 Å². The Hall–Kier alpha value is -1.16. The molecule has 0 aliphatic rings. The number of benzene rings is 1. The Morgan fingerprint density at radius 2 is 2.06 bits per heavy atom. The lowest BCUT2D eigenvalue weighted by Gasteiger charge is -2.14. The molecular weight excluding hydrogens is 272 g/mol. The number of alkyl halides is 1. The van der Waals surface area contributed by atoms with E-state index in [1.54, 1.807) is 12.1 Å². The monoisotopic (exact) mass is 284 g/mol. The number of hydrogen-bond acceptors (Lipinski definition) is 2. The summed E-state index contributed by atoms with van der Waals surface area (Å²) in [6.07, 6.45) is -0.0631. The number of carboxylic acids is 1. The van der Waals surface area contributed by atoms with E-state index in [-0.39, 0.29) is 12.2 Å². The number of carbonyl (C=O) groups is 2. The SMILES string of the molecule is CC(=O)C(Br)c1c(C)cccc1CC(=O)O. The highest BCUT2D eigenvalue weighted by Gasteiger charge is 2.19. The Morgan fingerprint density at radius 3 is 2.56 bits per heavy atom. The van der Waals surface area contributed by atoms with Gasteiger partial charge in [0.1, 0.15) is 5.78 Å². The number of halogens is 1. The van der Waals surface area contributed by atoms with Gasteiger partial charge in [-0.3, -0.25) is 9.59 Å². The summed E-state index contributed by atoms with van der Waals surface area (Å²) < 4.78 is 0. The van der Waals surface area contributed by atoms with E-state index in [9.17, 15) is 9.59 Å². The highest BCUT2D eigenvalue weighted by molar-refractivity contribution is 9.09. The van der Waals surface area contributed by atoms with E-state index in [0.717, 1.165) is 11.1 Å². The molecule has 1 atom stereocenters. The van der Waals surface area contributed by atoms with Crippen LogP contribution in [0.2, 0.25) is 0 Å². The van der Waals surface area contributed by atoms with Crippen molar-refractivity contribution in [2.45, 2.75) is 25.1 Å². The lowest BCUT2D eigenvalue weighted by molar-refractivity contribution is -0.136. The fourth-order valence-corrected chi connectivity index (χ4v) is 2.28. The largest absolute Gasteiger partial charge is 0.481 e. The molecule has 0 radical (unpaired) electrons. The minimum absolute atomic E-state index is 0.0269. The summed E-state index contributed by atoms with van der Waals surface area (Å²) in [6, 6.07) is 5.42. The number of aliphatic carboxylic acids is 1. The highest BCUT2D eigenvalue weighted by atomic mass is 79.9. The van der Waals surface area contributed by atoms with E-state index in [1.165, 1.54) is 6.92 Å². The molecular formula is C12H13BrO3. The minimum Gasteiger partial charge on any atom is -0.481 e. The molecule has 1 aromatic carbocycles. The number of carbonyl (C=O) groups excluding carboxylic acids is 1. The van der Waals surface area contributed by atoms with Crippen molar-refractivity contribution in [1.29, 1.82) is 0 Å². The summed E-state index contributed by atoms with van der Waals surface area (Å²) in [5, 5.41) is 8.80. The highest BCUT2D eigenvalue weighted by Crippen LogP contribution is 2.30. The van der Waals surface area contributed by atoms with Gasteiger partial charge in [-0.05, 0) is 30.5 Å². The van der Waals surface area contributed by atoms with Gasteiger partial charge in [-0.15, -0.1) is 0 Å². The third-order valence-corrected chi connectivity index (χ3v) is 3.47. The van der Waals surface area contributed by atoms with Gasteiger partial charge in [0.2, 0.25) is 0 Å². The molecule has 1 aromatic rings. The van der Waals surface area contributed by atoms with Crippen molar-refractivity contribution < 1.29 is 14.7 Å². The first-order valence-electron chi connectivity index (χ1n) is 4.88. The number of aryl methyl sites for hydroxylation is 1. The summed E-state index contributed by atoms with van der Waals surface area (Å²) in [5.74, 6) is -0.920. The third kappa shape index (κ3) is 2.92. The zero-order chi connectivity index (χ0) is 12.3. The van der Waals surface area contributed by atoms with Gasteiger partial charge in [0.05, 0.1) is 11.2 Å². The smallest absolute Gasteiger partial charge is 0.307 e. The van der Waals surface area contributed by atoms with Crippen LogP contribution in [0.4, 0.5) is 0 Å². The van der Waals surface area contributed by atoms with Gasteiger partial charge in [0.15, 0.2) is 0 Å². The van der Waals surface area contributed by atoms with Gasteiger partial charge in [-0.25, -0.2) is 0 Å². The predicted octanol–water partition coefficient (Wildman–Crippen LogP) is 2.65. The van der Waals surface area contributed by atoms with Crippen molar-refractivity contribution in [3.8, 4) is 0 Å². The molecule has 0 amide bonds. The van der Waals surface area contributed by atoms with E-state index < -0.39 is 10.8 Å². The maximum Gasteiger partial charge on any atom is 0.307 e. The molecule has 1 rings (SSSR count). The van der Waals surface area contributed by atoms with Gasteiger partial charge in [-0.1, -0.05) is 34.1 Å². The van der Waals surface area contributed by atoms with Gasteiger partial charge < -0.3 is 5.11 Å². The Bertz CT molecular complexity index is 426. The first kappa shape index (κ1) is 12.9. The second-order valence-corrected chi connectivity index (χ2v) is 4.61. The Morgan fingerprint density at radius 1 is 1.44 bits per heavy atom. The van der Waals surface area contributed by atoms with E-state index in [2.05, 4.69) is 15.9 Å². The van der Waals surface area contributed by atoms with Crippen molar-refractivity contribution in [2.75, 3.05) is 0 Å². The molecule has 0 saturated heterocycles. The van der Waals surface area contributed by atoms with Crippen molar-refractivity contribution in [3.05, 3.63) is 34.9 Å². The zero-order valence-electron chi connectivity index (χ0n) is 9.16. The maximum absolute atomic E-state index is 11.3. The molecule has 4 heteroatoms. The van der Waals surface area contributed by atoms with Crippen LogP contribution in [-0.4, -0.2) is 16.9 Å². The fraction of sp³-hybridized carbons (Fsp3) is 0.333. The Balaban J connectivity index is 3.22. The van der Waals surface area contributed by atoms with E-state index in [4.69, 9.17) is 5.11 Å². The van der Waals surface area contributed by atoms with E-state index in [0.29, 0.717) is 5.56 Å². The van der Waals surface area contributed by atoms with Crippen LogP contribution in [0.5, 0.6) is 0 Å². The van der Waals surface area contributed by atoms with Crippen LogP contribution in [-0.2, 0) is 16.0 Å². The molecule has 3 nitrogen and oxygen atoms in total. The molecule has 0 spiro atoms. The average molecular weight is 285 g/mol. The topological polar surface area (TPSA) is 54.4 Å². The summed E-state index contributed by atoms with van der Waals surface area (Å²) >= 11 is 3.30. The van der Waals surface area contributed by atoms with Crippen LogP contribution >= 0.6 is 15.9 Å². The Labute approximate surface area is 103 Å². The standard InChI is InChI=1S/C12H13BrO3/c1-7-4-3-5-9(6-10(15)16)11(7)12(13)8(2)14/h3-5,12H,6H2,1-2H3,(H,15,16). The third-order valence-electron chi connectivity index (χ3n) is 2.37. The number of rotatable bonds is 4. The van der Waals surface area contributed by atoms with Gasteiger partial charge >= 0.3 is 5.97 Å². The predicted molar refractivity (Wildman–Crippen MR) is 64.9 cm³/mol. The van der Waals surface area contributed by atoms with Crippen LogP contribution in [0.15, 0.2) is 18.2 Å². The molecule has 0 bridgehead atoms. The molecule has 16 heavy (non-hydrogen) atoms. The molecule has 1 unspecified atom stereocenters. The molecule has 1 N–H and O–H groups in total. The van der Waals surface area contributed by atoms with Crippen molar-refractivity contribution in [2.24, 2.45) is 0 Å². The molecule has 0 aliphatic heterocycles. The number of carboxylic acid groups (broad SMARTS) is 1. The molecule has 0 heterocycles. The van der Waals surface area contributed by atoms with Gasteiger partial charge in [0.25, 0.3) is 0 Å². The zero-order valence-corrected chi connectivity index (χ0v) is 10.7. The van der Waals surface area contributed by atoms with E-state index in [1.807, 2.05) is 13.0 Å². The molecule has 0 aromatic heterocycles. The van der Waals surface area contributed by atoms with E-state index >= 15 is 0 Å². The van der Waals surface area contributed by atoms with Crippen molar-refractivity contribution in [3.63, 3.8) is 0 Å². The number of Topliss-reactive ketones (excluding diaryl/α,β-unsaturated/α-hetero) is 1. The van der Waals surface area contributed by atoms with Crippen LogP contribution < -0.4 is 0 Å². The van der Waals surface area contributed by atoms with Crippen molar-refractivity contribution in [1.82, 2.24) is 0 Å². The minimum atomic E-state index is -0.893. The Kier molecular flexibility index (Phi) is 4.24. The van der Waals surface area contributed by atoms with Crippen LogP contribution in [0.1, 0.15) is 28.4 Å². The lowest BCUT2D eigenvalue weighted by Crippen LogP contribution is -2.10. The number of hydrogen-bond donors (Lipinski definition) is 1. The lowest BCUT2D eigenvalue weighted by atomic mass is 9.95. The van der Waals surface area contributed by atoms with Crippen LogP contribution in [0.25, 0.3) is 0 Å². The second kappa shape index (κ2) is 5.25. The van der Waals surface area contributed by atoms with Crippen LogP contribution in [0, 0.1) is 6.92 Å². The molecule has 86 valence electrons.